The maximum atomic E-state index is 12.6. The molecule has 13 heteroatoms. The summed E-state index contributed by atoms with van der Waals surface area (Å²) in [7, 11) is 0. The van der Waals surface area contributed by atoms with E-state index in [0.29, 0.717) is 31.0 Å². The third-order valence-electron chi connectivity index (χ3n) is 15.0. The topological polar surface area (TPSA) is 177 Å². The lowest BCUT2D eigenvalue weighted by molar-refractivity contribution is -0.328. The molecule has 6 fully saturated rings. The summed E-state index contributed by atoms with van der Waals surface area (Å²) in [6, 6.07) is 0. The summed E-state index contributed by atoms with van der Waals surface area (Å²) in [5.41, 5.74) is 0.188. The number of ether oxygens (including phenoxy) is 7. The Hall–Kier alpha value is -1.81. The van der Waals surface area contributed by atoms with Gasteiger partial charge in [0.1, 0.15) is 37.5 Å². The second-order valence-corrected chi connectivity index (χ2v) is 18.0. The van der Waals surface area contributed by atoms with Crippen molar-refractivity contribution in [1.29, 1.82) is 0 Å². The zero-order valence-corrected chi connectivity index (χ0v) is 32.5. The number of rotatable bonds is 12. The standard InChI is InChI=1S/C41H62O13/c1-22(20-43)49-34(11-15-42)53-37-23(2)51-36(19-32(37)45)54-38-24(3)50-35(18-31(38)44)52-27-8-12-39(4)26(17-27)6-7-30-29(39)9-13-40(5)28(10-14-41(30,40)47)25-16-33(46)48-21-25/h15-16,20,22-24,26-32,34-38,44-45,47H,6-14,17-19,21H2,1-5H3/t22-,23-,24-,26-,27+,28-,29+,30-,31+,32+,34+,35+,36+,37-,38-,39+,40-,41+/m1/s1. The van der Waals surface area contributed by atoms with E-state index in [-0.39, 0.29) is 54.0 Å². The maximum absolute atomic E-state index is 12.6. The van der Waals surface area contributed by atoms with Crippen LogP contribution in [0.5, 0.6) is 0 Å². The normalized spacial score (nSPS) is 48.8. The van der Waals surface area contributed by atoms with Gasteiger partial charge in [-0.2, -0.15) is 0 Å². The minimum Gasteiger partial charge on any atom is -0.458 e. The molecule has 13 nitrogen and oxygen atoms in total. The molecule has 3 aliphatic heterocycles. The molecule has 0 radical (unpaired) electrons. The summed E-state index contributed by atoms with van der Waals surface area (Å²) in [4.78, 5) is 34.1. The summed E-state index contributed by atoms with van der Waals surface area (Å²) >= 11 is 0. The first kappa shape index (κ1) is 40.4. The van der Waals surface area contributed by atoms with Gasteiger partial charge in [0.25, 0.3) is 0 Å². The highest BCUT2D eigenvalue weighted by atomic mass is 16.7. The molecular weight excluding hydrogens is 700 g/mol. The molecule has 3 heterocycles. The molecule has 4 aliphatic carbocycles. The minimum atomic E-state index is -1.01. The zero-order chi connectivity index (χ0) is 38.6. The summed E-state index contributed by atoms with van der Waals surface area (Å²) in [6.07, 6.45) is 4.02. The van der Waals surface area contributed by atoms with Crippen LogP contribution in [0.4, 0.5) is 0 Å². The molecule has 0 bridgehead atoms. The molecule has 0 amide bonds. The number of cyclic esters (lactones) is 1. The molecule has 0 spiro atoms. The molecule has 7 rings (SSSR count). The van der Waals surface area contributed by atoms with Crippen LogP contribution in [-0.2, 0) is 47.5 Å². The summed E-state index contributed by atoms with van der Waals surface area (Å²) in [5, 5.41) is 34.8. The molecule has 0 aromatic rings. The van der Waals surface area contributed by atoms with Crippen LogP contribution < -0.4 is 0 Å². The lowest BCUT2D eigenvalue weighted by Gasteiger charge is -2.64. The van der Waals surface area contributed by atoms with E-state index in [9.17, 15) is 29.7 Å². The Labute approximate surface area is 318 Å². The van der Waals surface area contributed by atoms with Crippen LogP contribution >= 0.6 is 0 Å². The van der Waals surface area contributed by atoms with Crippen molar-refractivity contribution in [3.05, 3.63) is 11.6 Å². The van der Waals surface area contributed by atoms with Crippen molar-refractivity contribution in [2.45, 2.75) is 185 Å². The van der Waals surface area contributed by atoms with Crippen molar-refractivity contribution >= 4 is 18.5 Å². The highest BCUT2D eigenvalue weighted by Crippen LogP contribution is 2.70. The number of carbonyl (C=O) groups excluding carboxylic acids is 3. The predicted molar refractivity (Wildman–Crippen MR) is 191 cm³/mol. The first-order valence-electron chi connectivity index (χ1n) is 20.5. The molecule has 4 saturated carbocycles. The van der Waals surface area contributed by atoms with E-state index < -0.39 is 67.2 Å². The second kappa shape index (κ2) is 15.9. The van der Waals surface area contributed by atoms with Crippen LogP contribution in [-0.4, -0.2) is 114 Å². The number of aldehydes is 2. The van der Waals surface area contributed by atoms with Crippen molar-refractivity contribution in [1.82, 2.24) is 0 Å². The molecule has 0 unspecified atom stereocenters. The van der Waals surface area contributed by atoms with E-state index in [2.05, 4.69) is 13.8 Å². The van der Waals surface area contributed by atoms with Gasteiger partial charge in [-0.1, -0.05) is 13.8 Å². The molecule has 0 aromatic heterocycles. The van der Waals surface area contributed by atoms with Gasteiger partial charge in [-0.25, -0.2) is 4.79 Å². The quantitative estimate of drug-likeness (QED) is 0.113. The van der Waals surface area contributed by atoms with E-state index >= 15 is 0 Å². The number of hydrogen-bond donors (Lipinski definition) is 3. The van der Waals surface area contributed by atoms with Crippen LogP contribution in [0.3, 0.4) is 0 Å². The van der Waals surface area contributed by atoms with Crippen molar-refractivity contribution < 1.29 is 62.9 Å². The number of fused-ring (bicyclic) bond motifs is 5. The van der Waals surface area contributed by atoms with Gasteiger partial charge in [0.15, 0.2) is 18.9 Å². The van der Waals surface area contributed by atoms with Crippen molar-refractivity contribution in [3.63, 3.8) is 0 Å². The third kappa shape index (κ3) is 7.39. The number of hydrogen-bond acceptors (Lipinski definition) is 13. The van der Waals surface area contributed by atoms with E-state index in [1.807, 2.05) is 6.92 Å². The number of carbonyl (C=O) groups is 3. The van der Waals surface area contributed by atoms with Gasteiger partial charge in [0.2, 0.25) is 0 Å². The van der Waals surface area contributed by atoms with Crippen LogP contribution in [0.1, 0.15) is 112 Å². The number of aliphatic hydroxyl groups is 3. The fourth-order valence-electron chi connectivity index (χ4n) is 12.2. The van der Waals surface area contributed by atoms with Gasteiger partial charge in [-0.05, 0) is 113 Å². The maximum Gasteiger partial charge on any atom is 0.331 e. The molecule has 2 saturated heterocycles. The van der Waals surface area contributed by atoms with Gasteiger partial charge in [-0.3, -0.25) is 0 Å². The Morgan fingerprint density at radius 3 is 2.24 bits per heavy atom. The van der Waals surface area contributed by atoms with Gasteiger partial charge in [-0.15, -0.1) is 0 Å². The summed E-state index contributed by atoms with van der Waals surface area (Å²) in [5.74, 6) is 1.10. The van der Waals surface area contributed by atoms with Crippen LogP contribution in [0.25, 0.3) is 0 Å². The van der Waals surface area contributed by atoms with Crippen LogP contribution in [0.2, 0.25) is 0 Å². The fourth-order valence-corrected chi connectivity index (χ4v) is 12.2. The molecular formula is C41H62O13. The molecule has 18 atom stereocenters. The van der Waals surface area contributed by atoms with Crippen molar-refractivity contribution in [2.75, 3.05) is 6.61 Å². The molecule has 54 heavy (non-hydrogen) atoms. The Morgan fingerprint density at radius 1 is 0.889 bits per heavy atom. The van der Waals surface area contributed by atoms with Crippen LogP contribution in [0, 0.1) is 34.5 Å². The molecule has 7 aliphatic rings. The van der Waals surface area contributed by atoms with Crippen LogP contribution in [0.15, 0.2) is 11.6 Å². The van der Waals surface area contributed by atoms with Crippen molar-refractivity contribution in [3.8, 4) is 0 Å². The third-order valence-corrected chi connectivity index (χ3v) is 15.0. The summed E-state index contributed by atoms with van der Waals surface area (Å²) in [6.45, 7) is 10.2. The first-order valence-corrected chi connectivity index (χ1v) is 20.5. The van der Waals surface area contributed by atoms with Gasteiger partial charge in [0, 0.05) is 24.3 Å². The predicted octanol–water partition coefficient (Wildman–Crippen LogP) is 3.91. The largest absolute Gasteiger partial charge is 0.458 e. The van der Waals surface area contributed by atoms with Gasteiger partial charge >= 0.3 is 5.97 Å². The van der Waals surface area contributed by atoms with E-state index in [1.165, 1.54) is 0 Å². The fraction of sp³-hybridized carbons (Fsp3) is 0.878. The molecule has 304 valence electrons. The van der Waals surface area contributed by atoms with E-state index in [1.54, 1.807) is 19.9 Å². The summed E-state index contributed by atoms with van der Waals surface area (Å²) < 4.78 is 41.7. The first-order chi connectivity index (χ1) is 25.7. The smallest absolute Gasteiger partial charge is 0.331 e. The highest BCUT2D eigenvalue weighted by molar-refractivity contribution is 5.85. The Morgan fingerprint density at radius 2 is 1.59 bits per heavy atom. The lowest BCUT2D eigenvalue weighted by atomic mass is 9.43. The SMILES string of the molecule is C[C@H](C=O)O[C@H](CC=O)O[C@H]1[C@@H](O)C[C@H](O[C@H]2[C@@H](O)C[C@H](O[C@H]3CC[C@@]4(C)[C@H](CC[C@@H]5[C@@H]4CC[C@]4(C)[C@@H](C6=CC(=O)OC6)CC[C@]54O)C3)O[C@@H]2C)O[C@@H]1C. The Kier molecular flexibility index (Phi) is 11.9. The lowest BCUT2D eigenvalue weighted by Crippen LogP contribution is -2.62. The molecule has 0 aromatic carbocycles. The number of aliphatic hydroxyl groups excluding tert-OH is 2. The molecule has 3 N–H and O–H groups in total. The van der Waals surface area contributed by atoms with E-state index in [4.69, 9.17) is 33.2 Å². The van der Waals surface area contributed by atoms with Crippen molar-refractivity contribution in [2.24, 2.45) is 34.5 Å². The zero-order valence-electron chi connectivity index (χ0n) is 32.5. The Balaban J connectivity index is 0.905. The van der Waals surface area contributed by atoms with Gasteiger partial charge in [0.05, 0.1) is 42.5 Å². The highest BCUT2D eigenvalue weighted by Gasteiger charge is 2.67. The minimum absolute atomic E-state index is 0.0114. The second-order valence-electron chi connectivity index (χ2n) is 18.0. The monoisotopic (exact) mass is 762 g/mol. The Bertz CT molecular complexity index is 1380. The van der Waals surface area contributed by atoms with E-state index in [0.717, 1.165) is 63.4 Å². The average molecular weight is 763 g/mol. The average Bonchev–Trinajstić information content (AvgIpc) is 3.67. The van der Waals surface area contributed by atoms with Gasteiger partial charge < -0.3 is 58.1 Å². The number of esters is 1.